The van der Waals surface area contributed by atoms with Crippen molar-refractivity contribution >= 4 is 28.7 Å². The highest BCUT2D eigenvalue weighted by molar-refractivity contribution is 7.80. The first-order valence-corrected chi connectivity index (χ1v) is 7.03. The summed E-state index contributed by atoms with van der Waals surface area (Å²) in [5, 5.41) is 3.32. The van der Waals surface area contributed by atoms with E-state index in [9.17, 15) is 0 Å². The van der Waals surface area contributed by atoms with Crippen LogP contribution in [0.5, 0.6) is 5.75 Å². The van der Waals surface area contributed by atoms with Gasteiger partial charge >= 0.3 is 0 Å². The molecule has 3 N–H and O–H groups in total. The first-order valence-electron chi connectivity index (χ1n) is 6.62. The third kappa shape index (κ3) is 3.31. The summed E-state index contributed by atoms with van der Waals surface area (Å²) < 4.78 is 5.22. The second kappa shape index (κ2) is 6.10. The van der Waals surface area contributed by atoms with E-state index in [0.29, 0.717) is 10.8 Å². The molecule has 1 aromatic heterocycles. The van der Waals surface area contributed by atoms with Gasteiger partial charge in [-0.25, -0.2) is 4.98 Å². The fourth-order valence-corrected chi connectivity index (χ4v) is 2.53. The van der Waals surface area contributed by atoms with Crippen LogP contribution in [-0.2, 0) is 0 Å². The molecule has 0 aliphatic rings. The zero-order valence-electron chi connectivity index (χ0n) is 12.7. The van der Waals surface area contributed by atoms with E-state index in [1.165, 1.54) is 0 Å². The molecule has 0 radical (unpaired) electrons. The first kappa shape index (κ1) is 15.3. The maximum Gasteiger partial charge on any atom is 0.141 e. The predicted octanol–water partition coefficient (Wildman–Crippen LogP) is 3.39. The lowest BCUT2D eigenvalue weighted by Gasteiger charge is -2.15. The fourth-order valence-electron chi connectivity index (χ4n) is 2.27. The number of aromatic nitrogens is 1. The van der Waals surface area contributed by atoms with Crippen molar-refractivity contribution in [2.24, 2.45) is 5.73 Å². The summed E-state index contributed by atoms with van der Waals surface area (Å²) in [5.74, 6) is 1.51. The van der Waals surface area contributed by atoms with E-state index < -0.39 is 0 Å². The average molecular weight is 301 g/mol. The summed E-state index contributed by atoms with van der Waals surface area (Å²) in [4.78, 5) is 4.87. The Hall–Kier alpha value is -2.14. The number of hydrogen-bond donors (Lipinski definition) is 2. The molecule has 1 aromatic carbocycles. The minimum atomic E-state index is 0.341. The summed E-state index contributed by atoms with van der Waals surface area (Å²) >= 11 is 5.15. The Morgan fingerprint density at radius 1 is 1.19 bits per heavy atom. The van der Waals surface area contributed by atoms with Gasteiger partial charge in [0.2, 0.25) is 0 Å². The molecule has 2 aromatic rings. The van der Waals surface area contributed by atoms with Gasteiger partial charge in [-0.2, -0.15) is 0 Å². The Bertz CT molecular complexity index is 698. The van der Waals surface area contributed by atoms with Crippen LogP contribution in [0.1, 0.15) is 22.4 Å². The number of anilines is 2. The van der Waals surface area contributed by atoms with E-state index in [2.05, 4.69) is 10.3 Å². The van der Waals surface area contributed by atoms with E-state index in [1.807, 2.05) is 45.0 Å². The second-order valence-electron chi connectivity index (χ2n) is 4.97. The van der Waals surface area contributed by atoms with Crippen LogP contribution in [0.15, 0.2) is 24.3 Å². The maximum absolute atomic E-state index is 5.83. The number of nitrogens with one attached hydrogen (secondary N) is 1. The molecule has 5 heteroatoms. The number of thiocarbonyl (C=S) groups is 1. The number of nitrogens with two attached hydrogens (primary N) is 1. The standard InChI is InChI=1S/C16H19N3OS/c1-9-8-12(20-4)5-6-13(9)19-16-14(15(17)21)10(2)7-11(3)18-16/h5-8H,1-4H3,(H2,17,21)(H,18,19). The molecule has 0 spiro atoms. The molecule has 1 heterocycles. The lowest BCUT2D eigenvalue weighted by Crippen LogP contribution is -2.15. The van der Waals surface area contributed by atoms with Crippen LogP contribution in [0.4, 0.5) is 11.5 Å². The quantitative estimate of drug-likeness (QED) is 0.848. The van der Waals surface area contributed by atoms with Crippen LogP contribution in [0, 0.1) is 20.8 Å². The zero-order valence-corrected chi connectivity index (χ0v) is 13.5. The number of nitrogens with zero attached hydrogens (tertiary/aromatic N) is 1. The minimum absolute atomic E-state index is 0.341. The molecule has 0 bridgehead atoms. The smallest absolute Gasteiger partial charge is 0.141 e. The third-order valence-electron chi connectivity index (χ3n) is 3.28. The fraction of sp³-hybridized carbons (Fsp3) is 0.250. The van der Waals surface area contributed by atoms with Gasteiger partial charge in [-0.05, 0) is 56.2 Å². The number of pyridine rings is 1. The maximum atomic E-state index is 5.83. The van der Waals surface area contributed by atoms with Crippen LogP contribution in [-0.4, -0.2) is 17.1 Å². The van der Waals surface area contributed by atoms with Crippen molar-refractivity contribution in [1.29, 1.82) is 0 Å². The summed E-state index contributed by atoms with van der Waals surface area (Å²) in [5.41, 5.74) is 10.6. The molecule has 0 amide bonds. The lowest BCUT2D eigenvalue weighted by atomic mass is 10.1. The molecule has 21 heavy (non-hydrogen) atoms. The molecule has 0 aliphatic heterocycles. The number of methoxy groups -OCH3 is 1. The normalized spacial score (nSPS) is 10.3. The number of rotatable bonds is 4. The van der Waals surface area contributed by atoms with Gasteiger partial charge in [-0.3, -0.25) is 0 Å². The Balaban J connectivity index is 2.46. The molecule has 0 atom stereocenters. The molecule has 0 aliphatic carbocycles. The van der Waals surface area contributed by atoms with E-state index in [1.54, 1.807) is 7.11 Å². The van der Waals surface area contributed by atoms with Crippen molar-refractivity contribution in [3.8, 4) is 5.75 Å². The van der Waals surface area contributed by atoms with Gasteiger partial charge in [0, 0.05) is 11.4 Å². The highest BCUT2D eigenvalue weighted by atomic mass is 32.1. The Morgan fingerprint density at radius 2 is 1.90 bits per heavy atom. The number of hydrogen-bond acceptors (Lipinski definition) is 4. The molecule has 2 rings (SSSR count). The third-order valence-corrected chi connectivity index (χ3v) is 3.48. The van der Waals surface area contributed by atoms with Gasteiger partial charge in [0.15, 0.2) is 0 Å². The van der Waals surface area contributed by atoms with Crippen molar-refractivity contribution in [2.75, 3.05) is 12.4 Å². The van der Waals surface area contributed by atoms with E-state index in [4.69, 9.17) is 22.7 Å². The Morgan fingerprint density at radius 3 is 2.48 bits per heavy atom. The average Bonchev–Trinajstić information content (AvgIpc) is 2.39. The van der Waals surface area contributed by atoms with E-state index >= 15 is 0 Å². The van der Waals surface area contributed by atoms with Crippen LogP contribution in [0.3, 0.4) is 0 Å². The molecule has 0 saturated carbocycles. The highest BCUT2D eigenvalue weighted by Gasteiger charge is 2.12. The molecule has 0 unspecified atom stereocenters. The van der Waals surface area contributed by atoms with Gasteiger partial charge in [0.05, 0.1) is 12.7 Å². The van der Waals surface area contributed by atoms with Crippen molar-refractivity contribution in [1.82, 2.24) is 4.98 Å². The molecule has 0 saturated heterocycles. The zero-order chi connectivity index (χ0) is 15.6. The summed E-state index contributed by atoms with van der Waals surface area (Å²) in [6.07, 6.45) is 0. The summed E-state index contributed by atoms with van der Waals surface area (Å²) in [6, 6.07) is 7.79. The molecule has 4 nitrogen and oxygen atoms in total. The Kier molecular flexibility index (Phi) is 4.43. The highest BCUT2D eigenvalue weighted by Crippen LogP contribution is 2.27. The number of benzene rings is 1. The summed E-state index contributed by atoms with van der Waals surface area (Å²) in [7, 11) is 1.65. The lowest BCUT2D eigenvalue weighted by molar-refractivity contribution is 0.414. The predicted molar refractivity (Wildman–Crippen MR) is 90.6 cm³/mol. The van der Waals surface area contributed by atoms with Crippen LogP contribution in [0.25, 0.3) is 0 Å². The molecule has 0 fully saturated rings. The SMILES string of the molecule is COc1ccc(Nc2nc(C)cc(C)c2C(N)=S)c(C)c1. The summed E-state index contributed by atoms with van der Waals surface area (Å²) in [6.45, 7) is 5.94. The van der Waals surface area contributed by atoms with Crippen LogP contribution >= 0.6 is 12.2 Å². The van der Waals surface area contributed by atoms with Gasteiger partial charge < -0.3 is 15.8 Å². The van der Waals surface area contributed by atoms with Crippen molar-refractivity contribution in [2.45, 2.75) is 20.8 Å². The van der Waals surface area contributed by atoms with Crippen LogP contribution in [0.2, 0.25) is 0 Å². The van der Waals surface area contributed by atoms with E-state index in [0.717, 1.165) is 33.8 Å². The van der Waals surface area contributed by atoms with Crippen molar-refractivity contribution < 1.29 is 4.74 Å². The molecular formula is C16H19N3OS. The van der Waals surface area contributed by atoms with Gasteiger partial charge in [-0.1, -0.05) is 12.2 Å². The van der Waals surface area contributed by atoms with Crippen LogP contribution < -0.4 is 15.8 Å². The number of aryl methyl sites for hydroxylation is 3. The van der Waals surface area contributed by atoms with Gasteiger partial charge in [0.1, 0.15) is 16.6 Å². The van der Waals surface area contributed by atoms with Crippen molar-refractivity contribution in [3.05, 3.63) is 46.6 Å². The van der Waals surface area contributed by atoms with Crippen molar-refractivity contribution in [3.63, 3.8) is 0 Å². The second-order valence-corrected chi connectivity index (χ2v) is 5.41. The minimum Gasteiger partial charge on any atom is -0.497 e. The first-order chi connectivity index (χ1) is 9.92. The van der Waals surface area contributed by atoms with Gasteiger partial charge in [-0.15, -0.1) is 0 Å². The Labute approximate surface area is 130 Å². The molecular weight excluding hydrogens is 282 g/mol. The topological polar surface area (TPSA) is 60.2 Å². The monoisotopic (exact) mass is 301 g/mol. The number of ether oxygens (including phenoxy) is 1. The largest absolute Gasteiger partial charge is 0.497 e. The van der Waals surface area contributed by atoms with Gasteiger partial charge in [0.25, 0.3) is 0 Å². The van der Waals surface area contributed by atoms with E-state index in [-0.39, 0.29) is 0 Å². The molecule has 110 valence electrons.